The SMILES string of the molecule is CC(=O)Nc1ccc(C=O)cc1.CCNCC.NCCCC[C@H](N)C(=O)O. The summed E-state index contributed by atoms with van der Waals surface area (Å²) in [6, 6.07) is 5.96. The summed E-state index contributed by atoms with van der Waals surface area (Å²) < 4.78 is 0. The van der Waals surface area contributed by atoms with Gasteiger partial charge in [-0.05, 0) is 56.7 Å². The number of carboxylic acids is 1. The zero-order valence-electron chi connectivity index (χ0n) is 16.5. The molecule has 154 valence electrons. The van der Waals surface area contributed by atoms with Crippen LogP contribution in [0.1, 0.15) is 50.4 Å². The summed E-state index contributed by atoms with van der Waals surface area (Å²) in [6.45, 7) is 8.43. The molecule has 0 unspecified atom stereocenters. The molecule has 1 aromatic carbocycles. The lowest BCUT2D eigenvalue weighted by atomic mass is 10.1. The second kappa shape index (κ2) is 18.5. The summed E-state index contributed by atoms with van der Waals surface area (Å²) in [7, 11) is 0. The smallest absolute Gasteiger partial charge is 0.320 e. The number of anilines is 1. The molecule has 27 heavy (non-hydrogen) atoms. The van der Waals surface area contributed by atoms with E-state index in [1.165, 1.54) is 6.92 Å². The van der Waals surface area contributed by atoms with Crippen LogP contribution in [0.5, 0.6) is 0 Å². The lowest BCUT2D eigenvalue weighted by Gasteiger charge is -2.03. The number of amides is 1. The normalized spacial score (nSPS) is 10.4. The lowest BCUT2D eigenvalue weighted by molar-refractivity contribution is -0.138. The molecular weight excluding hydrogens is 348 g/mol. The van der Waals surface area contributed by atoms with Crippen molar-refractivity contribution in [2.45, 2.75) is 46.1 Å². The predicted octanol–water partition coefficient (Wildman–Crippen LogP) is 1.60. The van der Waals surface area contributed by atoms with Crippen molar-refractivity contribution < 1.29 is 19.5 Å². The Hall–Kier alpha value is -2.29. The van der Waals surface area contributed by atoms with E-state index in [0.29, 0.717) is 24.2 Å². The zero-order chi connectivity index (χ0) is 21.1. The minimum absolute atomic E-state index is 0.117. The number of aliphatic carboxylic acids is 1. The van der Waals surface area contributed by atoms with Gasteiger partial charge in [-0.25, -0.2) is 0 Å². The van der Waals surface area contributed by atoms with Gasteiger partial charge in [-0.3, -0.25) is 14.4 Å². The summed E-state index contributed by atoms with van der Waals surface area (Å²) in [4.78, 5) is 31.0. The Morgan fingerprint density at radius 2 is 1.70 bits per heavy atom. The lowest BCUT2D eigenvalue weighted by Crippen LogP contribution is -2.29. The Kier molecular flexibility index (Phi) is 18.5. The Morgan fingerprint density at radius 1 is 1.15 bits per heavy atom. The fourth-order valence-corrected chi connectivity index (χ4v) is 1.73. The first-order valence-corrected chi connectivity index (χ1v) is 9.04. The van der Waals surface area contributed by atoms with E-state index in [4.69, 9.17) is 16.6 Å². The van der Waals surface area contributed by atoms with Gasteiger partial charge in [0, 0.05) is 18.2 Å². The third-order valence-corrected chi connectivity index (χ3v) is 3.15. The molecule has 0 aliphatic carbocycles. The van der Waals surface area contributed by atoms with Crippen LogP contribution in [-0.2, 0) is 9.59 Å². The van der Waals surface area contributed by atoms with Crippen molar-refractivity contribution in [2.75, 3.05) is 25.0 Å². The van der Waals surface area contributed by atoms with Crippen LogP contribution in [0.15, 0.2) is 24.3 Å². The highest BCUT2D eigenvalue weighted by atomic mass is 16.4. The van der Waals surface area contributed by atoms with Crippen LogP contribution in [0, 0.1) is 0 Å². The number of nitrogens with two attached hydrogens (primary N) is 2. The first-order valence-electron chi connectivity index (χ1n) is 9.04. The van der Waals surface area contributed by atoms with Gasteiger partial charge in [-0.2, -0.15) is 0 Å². The molecule has 0 spiro atoms. The zero-order valence-corrected chi connectivity index (χ0v) is 16.5. The number of benzene rings is 1. The first kappa shape index (κ1) is 26.9. The molecule has 0 aliphatic heterocycles. The average Bonchev–Trinajstić information content (AvgIpc) is 2.63. The van der Waals surface area contributed by atoms with E-state index in [-0.39, 0.29) is 5.91 Å². The van der Waals surface area contributed by atoms with E-state index in [2.05, 4.69) is 24.5 Å². The molecule has 0 radical (unpaired) electrons. The van der Waals surface area contributed by atoms with Crippen molar-refractivity contribution in [2.24, 2.45) is 11.5 Å². The van der Waals surface area contributed by atoms with Crippen LogP contribution in [0.3, 0.4) is 0 Å². The van der Waals surface area contributed by atoms with Crippen LogP contribution in [0.2, 0.25) is 0 Å². The highest BCUT2D eigenvalue weighted by Gasteiger charge is 2.09. The highest BCUT2D eigenvalue weighted by molar-refractivity contribution is 5.89. The molecule has 1 atom stereocenters. The third kappa shape index (κ3) is 18.3. The molecule has 8 nitrogen and oxygen atoms in total. The standard InChI is InChI=1S/C9H9NO2.C6H14N2O2.C4H11N/c1-7(12)10-9-4-2-8(6-11)3-5-9;7-4-2-1-3-5(8)6(9)10;1-3-5-4-2/h2-6H,1H3,(H,10,12);5H,1-4,7-8H2,(H,9,10);5H,3-4H2,1-2H3/t;5-;/m.0./s1. The van der Waals surface area contributed by atoms with Crippen LogP contribution in [-0.4, -0.2) is 48.9 Å². The fraction of sp³-hybridized carbons (Fsp3) is 0.526. The van der Waals surface area contributed by atoms with Crippen molar-refractivity contribution in [1.29, 1.82) is 0 Å². The molecular formula is C19H34N4O4. The van der Waals surface area contributed by atoms with Gasteiger partial charge in [0.2, 0.25) is 5.91 Å². The Morgan fingerprint density at radius 3 is 2.04 bits per heavy atom. The van der Waals surface area contributed by atoms with Gasteiger partial charge in [-0.15, -0.1) is 0 Å². The molecule has 0 aromatic heterocycles. The second-order valence-corrected chi connectivity index (χ2v) is 5.61. The number of carbonyl (C=O) groups excluding carboxylic acids is 2. The van der Waals surface area contributed by atoms with Gasteiger partial charge in [0.1, 0.15) is 12.3 Å². The van der Waals surface area contributed by atoms with Gasteiger partial charge in [0.25, 0.3) is 0 Å². The largest absolute Gasteiger partial charge is 0.480 e. The number of unbranched alkanes of at least 4 members (excludes halogenated alkanes) is 1. The number of hydrogen-bond donors (Lipinski definition) is 5. The molecule has 7 N–H and O–H groups in total. The van der Waals surface area contributed by atoms with Crippen molar-refractivity contribution in [3.8, 4) is 0 Å². The van der Waals surface area contributed by atoms with E-state index < -0.39 is 12.0 Å². The summed E-state index contributed by atoms with van der Waals surface area (Å²) in [6.07, 6.45) is 2.93. The second-order valence-electron chi connectivity index (χ2n) is 5.61. The van der Waals surface area contributed by atoms with Crippen molar-refractivity contribution >= 4 is 23.9 Å². The molecule has 0 aliphatic rings. The molecule has 0 heterocycles. The van der Waals surface area contributed by atoms with Crippen molar-refractivity contribution in [3.05, 3.63) is 29.8 Å². The van der Waals surface area contributed by atoms with E-state index >= 15 is 0 Å². The van der Waals surface area contributed by atoms with Gasteiger partial charge >= 0.3 is 5.97 Å². The third-order valence-electron chi connectivity index (χ3n) is 3.15. The molecule has 0 bridgehead atoms. The van der Waals surface area contributed by atoms with E-state index in [0.717, 1.165) is 32.2 Å². The summed E-state index contributed by atoms with van der Waals surface area (Å²) in [5.74, 6) is -1.05. The average molecular weight is 383 g/mol. The van der Waals surface area contributed by atoms with Gasteiger partial charge < -0.3 is 27.2 Å². The summed E-state index contributed by atoms with van der Waals surface area (Å²) >= 11 is 0. The maximum Gasteiger partial charge on any atom is 0.320 e. The quantitative estimate of drug-likeness (QED) is 0.322. The van der Waals surface area contributed by atoms with Crippen LogP contribution < -0.4 is 22.1 Å². The molecule has 1 rings (SSSR count). The highest BCUT2D eigenvalue weighted by Crippen LogP contribution is 2.07. The molecule has 1 aromatic rings. The van der Waals surface area contributed by atoms with E-state index in [1.807, 2.05) is 0 Å². The monoisotopic (exact) mass is 382 g/mol. The number of rotatable bonds is 9. The summed E-state index contributed by atoms with van der Waals surface area (Å²) in [5, 5.41) is 14.0. The maximum absolute atomic E-state index is 10.6. The fourth-order valence-electron chi connectivity index (χ4n) is 1.73. The molecule has 8 heteroatoms. The number of carboxylic acid groups (broad SMARTS) is 1. The van der Waals surface area contributed by atoms with Crippen molar-refractivity contribution in [3.63, 3.8) is 0 Å². The molecule has 1 amide bonds. The first-order chi connectivity index (χ1) is 12.8. The number of aldehydes is 1. The van der Waals surface area contributed by atoms with Crippen LogP contribution >= 0.6 is 0 Å². The Balaban J connectivity index is 0. The van der Waals surface area contributed by atoms with E-state index in [1.54, 1.807) is 24.3 Å². The maximum atomic E-state index is 10.6. The molecule has 0 fully saturated rings. The van der Waals surface area contributed by atoms with Gasteiger partial charge in [0.15, 0.2) is 0 Å². The summed E-state index contributed by atoms with van der Waals surface area (Å²) in [5.41, 5.74) is 11.7. The van der Waals surface area contributed by atoms with E-state index in [9.17, 15) is 14.4 Å². The Bertz CT molecular complexity index is 519. The van der Waals surface area contributed by atoms with Gasteiger partial charge in [-0.1, -0.05) is 20.3 Å². The van der Waals surface area contributed by atoms with Crippen LogP contribution in [0.4, 0.5) is 5.69 Å². The number of nitrogens with one attached hydrogen (secondary N) is 2. The van der Waals surface area contributed by atoms with Gasteiger partial charge in [0.05, 0.1) is 0 Å². The number of carbonyl (C=O) groups is 3. The van der Waals surface area contributed by atoms with Crippen molar-refractivity contribution in [1.82, 2.24) is 5.32 Å². The topological polar surface area (TPSA) is 148 Å². The number of hydrogen-bond acceptors (Lipinski definition) is 6. The minimum atomic E-state index is -0.933. The Labute approximate surface area is 161 Å². The molecule has 0 saturated carbocycles. The van der Waals surface area contributed by atoms with Crippen LogP contribution in [0.25, 0.3) is 0 Å². The minimum Gasteiger partial charge on any atom is -0.480 e. The predicted molar refractivity (Wildman–Crippen MR) is 109 cm³/mol. The molecule has 0 saturated heterocycles.